The number of rotatable bonds is 6. The molecule has 1 aliphatic heterocycles. The fourth-order valence-electron chi connectivity index (χ4n) is 2.71. The van der Waals surface area contributed by atoms with Crippen molar-refractivity contribution in [3.05, 3.63) is 41.8 Å². The number of benzene rings is 1. The minimum atomic E-state index is -0.331. The fourth-order valence-corrected chi connectivity index (χ4v) is 2.71. The van der Waals surface area contributed by atoms with Gasteiger partial charge in [0.2, 0.25) is 17.7 Å². The number of carbonyl (C=O) groups is 3. The van der Waals surface area contributed by atoms with Crippen molar-refractivity contribution in [2.45, 2.75) is 26.2 Å². The summed E-state index contributed by atoms with van der Waals surface area (Å²) < 4.78 is 5.57. The summed E-state index contributed by atoms with van der Waals surface area (Å²) in [4.78, 5) is 40.8. The molecule has 25 heavy (non-hydrogen) atoms. The van der Waals surface area contributed by atoms with Crippen LogP contribution in [0, 0.1) is 6.92 Å². The number of carbonyl (C=O) groups excluding carboxylic acids is 3. The highest BCUT2D eigenvalue weighted by Gasteiger charge is 2.28. The Hall–Kier alpha value is -2.96. The molecule has 1 fully saturated rings. The zero-order valence-electron chi connectivity index (χ0n) is 13.9. The van der Waals surface area contributed by atoms with E-state index in [-0.39, 0.29) is 36.3 Å². The van der Waals surface area contributed by atoms with Crippen molar-refractivity contribution in [3.63, 3.8) is 0 Å². The lowest BCUT2D eigenvalue weighted by atomic mass is 10.2. The molecule has 0 spiro atoms. The quantitative estimate of drug-likeness (QED) is 0.640. The summed E-state index contributed by atoms with van der Waals surface area (Å²) in [6, 6.07) is 9.35. The number of likely N-dealkylation sites (tertiary alicyclic amines) is 1. The van der Waals surface area contributed by atoms with Crippen LogP contribution in [-0.4, -0.2) is 40.7 Å². The van der Waals surface area contributed by atoms with Gasteiger partial charge in [-0.1, -0.05) is 18.2 Å². The van der Waals surface area contributed by atoms with E-state index >= 15 is 0 Å². The van der Waals surface area contributed by atoms with Crippen molar-refractivity contribution in [3.8, 4) is 11.5 Å². The number of oxazole rings is 1. The fraction of sp³-hybridized carbons (Fsp3) is 0.333. The van der Waals surface area contributed by atoms with Crippen molar-refractivity contribution in [2.75, 3.05) is 13.1 Å². The molecule has 0 saturated carbocycles. The molecule has 2 heterocycles. The summed E-state index contributed by atoms with van der Waals surface area (Å²) in [5.41, 5.74) is 1.04. The first-order chi connectivity index (χ1) is 12.1. The molecule has 0 atom stereocenters. The van der Waals surface area contributed by atoms with Gasteiger partial charge < -0.3 is 9.73 Å². The van der Waals surface area contributed by atoms with E-state index in [2.05, 4.69) is 10.3 Å². The van der Waals surface area contributed by atoms with E-state index in [1.807, 2.05) is 30.3 Å². The Balaban J connectivity index is 1.54. The maximum absolute atomic E-state index is 12.3. The zero-order valence-corrected chi connectivity index (χ0v) is 13.9. The Morgan fingerprint density at radius 3 is 2.56 bits per heavy atom. The molecular formula is C18H19N3O4. The van der Waals surface area contributed by atoms with Crippen LogP contribution in [0.3, 0.4) is 0 Å². The molecule has 0 radical (unpaired) electrons. The highest BCUT2D eigenvalue weighted by molar-refractivity contribution is 6.01. The third kappa shape index (κ3) is 3.76. The Bertz CT molecular complexity index is 782. The van der Waals surface area contributed by atoms with E-state index in [0.717, 1.165) is 5.56 Å². The Morgan fingerprint density at radius 2 is 1.88 bits per heavy atom. The van der Waals surface area contributed by atoms with E-state index in [1.165, 1.54) is 4.90 Å². The molecule has 1 aliphatic rings. The van der Waals surface area contributed by atoms with Gasteiger partial charge in [0.05, 0.1) is 0 Å². The Kier molecular flexibility index (Phi) is 4.92. The lowest BCUT2D eigenvalue weighted by molar-refractivity contribution is -0.138. The van der Waals surface area contributed by atoms with Gasteiger partial charge in [0.25, 0.3) is 5.91 Å². The van der Waals surface area contributed by atoms with Crippen LogP contribution in [0.1, 0.15) is 35.5 Å². The van der Waals surface area contributed by atoms with Gasteiger partial charge in [-0.3, -0.25) is 19.3 Å². The van der Waals surface area contributed by atoms with Crippen LogP contribution >= 0.6 is 0 Å². The van der Waals surface area contributed by atoms with Crippen LogP contribution in [0.25, 0.3) is 11.5 Å². The normalized spacial score (nSPS) is 14.2. The molecule has 1 N–H and O–H groups in total. The molecule has 7 heteroatoms. The zero-order chi connectivity index (χ0) is 17.8. The topological polar surface area (TPSA) is 92.5 Å². The van der Waals surface area contributed by atoms with Crippen molar-refractivity contribution < 1.29 is 18.8 Å². The number of aromatic nitrogens is 1. The van der Waals surface area contributed by atoms with Crippen molar-refractivity contribution >= 4 is 17.7 Å². The van der Waals surface area contributed by atoms with Gasteiger partial charge in [-0.25, -0.2) is 4.98 Å². The van der Waals surface area contributed by atoms with Gasteiger partial charge >= 0.3 is 0 Å². The number of nitrogens with one attached hydrogen (secondary N) is 1. The minimum Gasteiger partial charge on any atom is -0.441 e. The van der Waals surface area contributed by atoms with Crippen LogP contribution < -0.4 is 5.32 Å². The summed E-state index contributed by atoms with van der Waals surface area (Å²) >= 11 is 0. The molecule has 1 aromatic heterocycles. The summed E-state index contributed by atoms with van der Waals surface area (Å²) in [5.74, 6) is 0.229. The van der Waals surface area contributed by atoms with Gasteiger partial charge in [0.15, 0.2) is 5.69 Å². The second-order valence-electron chi connectivity index (χ2n) is 5.84. The summed E-state index contributed by atoms with van der Waals surface area (Å²) in [6.45, 7) is 2.36. The lowest BCUT2D eigenvalue weighted by Gasteiger charge is -2.13. The first kappa shape index (κ1) is 16.9. The van der Waals surface area contributed by atoms with Gasteiger partial charge in [-0.15, -0.1) is 0 Å². The molecule has 3 rings (SSSR count). The van der Waals surface area contributed by atoms with Crippen molar-refractivity contribution in [1.82, 2.24) is 15.2 Å². The maximum Gasteiger partial charge on any atom is 0.273 e. The van der Waals surface area contributed by atoms with Crippen molar-refractivity contribution in [1.29, 1.82) is 0 Å². The van der Waals surface area contributed by atoms with Crippen LogP contribution in [0.2, 0.25) is 0 Å². The molecule has 2 aromatic rings. The molecular weight excluding hydrogens is 322 g/mol. The molecule has 130 valence electrons. The summed E-state index contributed by atoms with van der Waals surface area (Å²) in [6.07, 6.45) is 1.07. The smallest absolute Gasteiger partial charge is 0.273 e. The number of aryl methyl sites for hydroxylation is 1. The molecule has 0 bridgehead atoms. The van der Waals surface area contributed by atoms with Gasteiger partial charge in [0, 0.05) is 31.5 Å². The van der Waals surface area contributed by atoms with Gasteiger partial charge in [0.1, 0.15) is 5.76 Å². The van der Waals surface area contributed by atoms with E-state index < -0.39 is 0 Å². The van der Waals surface area contributed by atoms with Crippen LogP contribution in [0.5, 0.6) is 0 Å². The average molecular weight is 341 g/mol. The first-order valence-electron chi connectivity index (χ1n) is 8.20. The molecule has 1 saturated heterocycles. The van der Waals surface area contributed by atoms with Crippen LogP contribution in [0.4, 0.5) is 0 Å². The molecule has 7 nitrogen and oxygen atoms in total. The number of hydrogen-bond donors (Lipinski definition) is 1. The predicted octanol–water partition coefficient (Wildman–Crippen LogP) is 1.92. The predicted molar refractivity (Wildman–Crippen MR) is 89.6 cm³/mol. The second-order valence-corrected chi connectivity index (χ2v) is 5.84. The lowest BCUT2D eigenvalue weighted by Crippen LogP contribution is -2.33. The third-order valence-electron chi connectivity index (χ3n) is 4.03. The number of hydrogen-bond acceptors (Lipinski definition) is 5. The standard InChI is InChI=1S/C18H19N3O4/c1-12-16(20-18(25-12)13-6-3-2-4-7-13)17(24)19-10-5-11-21-14(22)8-9-15(21)23/h2-4,6-7H,5,8-11H2,1H3,(H,19,24). The summed E-state index contributed by atoms with van der Waals surface area (Å²) in [5, 5.41) is 2.75. The number of nitrogens with zero attached hydrogens (tertiary/aromatic N) is 2. The Morgan fingerprint density at radius 1 is 1.20 bits per heavy atom. The summed E-state index contributed by atoms with van der Waals surface area (Å²) in [7, 11) is 0. The molecule has 0 unspecified atom stereocenters. The SMILES string of the molecule is Cc1oc(-c2ccccc2)nc1C(=O)NCCCN1C(=O)CCC1=O. The molecule has 3 amide bonds. The molecule has 1 aromatic carbocycles. The molecule has 0 aliphatic carbocycles. The maximum atomic E-state index is 12.3. The number of imide groups is 1. The van der Waals surface area contributed by atoms with E-state index in [1.54, 1.807) is 6.92 Å². The third-order valence-corrected chi connectivity index (χ3v) is 4.03. The second kappa shape index (κ2) is 7.29. The first-order valence-corrected chi connectivity index (χ1v) is 8.20. The van der Waals surface area contributed by atoms with Gasteiger partial charge in [-0.05, 0) is 25.5 Å². The van der Waals surface area contributed by atoms with Crippen LogP contribution in [0.15, 0.2) is 34.7 Å². The van der Waals surface area contributed by atoms with Crippen LogP contribution in [-0.2, 0) is 9.59 Å². The van der Waals surface area contributed by atoms with Crippen molar-refractivity contribution in [2.24, 2.45) is 0 Å². The Labute approximate surface area is 145 Å². The highest BCUT2D eigenvalue weighted by Crippen LogP contribution is 2.21. The van der Waals surface area contributed by atoms with E-state index in [0.29, 0.717) is 31.2 Å². The largest absolute Gasteiger partial charge is 0.441 e. The van der Waals surface area contributed by atoms with Gasteiger partial charge in [-0.2, -0.15) is 0 Å². The minimum absolute atomic E-state index is 0.142. The highest BCUT2D eigenvalue weighted by atomic mass is 16.4. The number of amides is 3. The van der Waals surface area contributed by atoms with E-state index in [4.69, 9.17) is 4.42 Å². The van der Waals surface area contributed by atoms with E-state index in [9.17, 15) is 14.4 Å². The average Bonchev–Trinajstić information content (AvgIpc) is 3.16. The monoisotopic (exact) mass is 341 g/mol.